The molecule has 4 nitrogen and oxygen atoms in total. The van der Waals surface area contributed by atoms with Gasteiger partial charge in [-0.15, -0.1) is 0 Å². The van der Waals surface area contributed by atoms with Crippen LogP contribution in [0.15, 0.2) is 48.5 Å². The van der Waals surface area contributed by atoms with Crippen LogP contribution < -0.4 is 5.32 Å². The smallest absolute Gasteiger partial charge is 0.221 e. The lowest BCUT2D eigenvalue weighted by Crippen LogP contribution is -2.42. The van der Waals surface area contributed by atoms with E-state index in [4.69, 9.17) is 0 Å². The fourth-order valence-corrected chi connectivity index (χ4v) is 5.01. The van der Waals surface area contributed by atoms with Gasteiger partial charge in [0.2, 0.25) is 5.91 Å². The summed E-state index contributed by atoms with van der Waals surface area (Å²) in [6.45, 7) is 4.08. The maximum Gasteiger partial charge on any atom is 0.221 e. The molecule has 2 aromatic rings. The molecule has 1 aliphatic heterocycles. The summed E-state index contributed by atoms with van der Waals surface area (Å²) in [6.07, 6.45) is 2.77. The number of nitrogens with one attached hydrogen (secondary N) is 1. The van der Waals surface area contributed by atoms with Crippen LogP contribution in [0.25, 0.3) is 0 Å². The van der Waals surface area contributed by atoms with Crippen LogP contribution in [0.3, 0.4) is 0 Å². The van der Waals surface area contributed by atoms with E-state index in [1.807, 2.05) is 30.3 Å². The van der Waals surface area contributed by atoms with Gasteiger partial charge in [0.1, 0.15) is 5.82 Å². The number of aliphatic hydroxyl groups is 1. The summed E-state index contributed by atoms with van der Waals surface area (Å²) in [4.78, 5) is 13.5. The second-order valence-corrected chi connectivity index (χ2v) is 8.27. The Bertz CT molecular complexity index is 854. The number of likely N-dealkylation sites (tertiary alicyclic amines) is 1. The second kappa shape index (κ2) is 7.64. The fraction of sp³-hybridized carbons (Fsp3) is 0.435. The first-order valence-electron chi connectivity index (χ1n) is 10.0. The maximum atomic E-state index is 13.8. The highest BCUT2D eigenvalue weighted by atomic mass is 19.1. The van der Waals surface area contributed by atoms with Gasteiger partial charge in [0, 0.05) is 38.2 Å². The van der Waals surface area contributed by atoms with Crippen molar-refractivity contribution in [2.24, 2.45) is 11.8 Å². The lowest BCUT2D eigenvalue weighted by molar-refractivity contribution is -0.114. The molecule has 28 heavy (non-hydrogen) atoms. The maximum absolute atomic E-state index is 13.8. The third-order valence-electron chi connectivity index (χ3n) is 6.27. The van der Waals surface area contributed by atoms with Crippen molar-refractivity contribution in [2.45, 2.75) is 38.3 Å². The third-order valence-corrected chi connectivity index (χ3v) is 6.27. The number of amides is 1. The van der Waals surface area contributed by atoms with E-state index in [1.54, 1.807) is 6.07 Å². The largest absolute Gasteiger partial charge is 0.385 e. The highest BCUT2D eigenvalue weighted by Crippen LogP contribution is 2.48. The number of halogens is 1. The molecule has 2 fully saturated rings. The average Bonchev–Trinajstić information content (AvgIpc) is 3.07. The van der Waals surface area contributed by atoms with Crippen LogP contribution in [0.4, 0.5) is 10.1 Å². The molecule has 2 aromatic carbocycles. The van der Waals surface area contributed by atoms with E-state index >= 15 is 0 Å². The number of carbonyl (C=O) groups excluding carboxylic acids is 1. The summed E-state index contributed by atoms with van der Waals surface area (Å²) in [6, 6.07) is 14.4. The number of fused-ring (bicyclic) bond motifs is 1. The molecule has 2 N–H and O–H groups in total. The summed E-state index contributed by atoms with van der Waals surface area (Å²) >= 11 is 0. The van der Waals surface area contributed by atoms with Gasteiger partial charge in [-0.2, -0.15) is 0 Å². The summed E-state index contributed by atoms with van der Waals surface area (Å²) in [5, 5.41) is 14.3. The molecule has 1 heterocycles. The Hall–Kier alpha value is -2.24. The number of carbonyl (C=O) groups is 1. The van der Waals surface area contributed by atoms with Crippen molar-refractivity contribution in [3.05, 3.63) is 65.5 Å². The van der Waals surface area contributed by atoms with Crippen LogP contribution in [-0.4, -0.2) is 29.0 Å². The molecular weight excluding hydrogens is 355 g/mol. The van der Waals surface area contributed by atoms with Gasteiger partial charge >= 0.3 is 0 Å². The Morgan fingerprint density at radius 1 is 1.25 bits per heavy atom. The lowest BCUT2D eigenvalue weighted by Gasteiger charge is -2.41. The predicted molar refractivity (Wildman–Crippen MR) is 107 cm³/mol. The highest BCUT2D eigenvalue weighted by Gasteiger charge is 2.49. The molecular formula is C23H27FN2O2. The van der Waals surface area contributed by atoms with Crippen LogP contribution in [0.2, 0.25) is 0 Å². The Kier molecular flexibility index (Phi) is 5.21. The highest BCUT2D eigenvalue weighted by molar-refractivity contribution is 5.88. The summed E-state index contributed by atoms with van der Waals surface area (Å²) in [5.41, 5.74) is 1.74. The molecule has 3 atom stereocenters. The van der Waals surface area contributed by atoms with Gasteiger partial charge in [-0.1, -0.05) is 24.3 Å². The minimum atomic E-state index is -0.949. The summed E-state index contributed by atoms with van der Waals surface area (Å²) < 4.78 is 13.8. The number of anilines is 1. The van der Waals surface area contributed by atoms with E-state index in [0.29, 0.717) is 17.9 Å². The second-order valence-electron chi connectivity index (χ2n) is 8.27. The zero-order valence-corrected chi connectivity index (χ0v) is 16.2. The fourth-order valence-electron chi connectivity index (χ4n) is 5.01. The van der Waals surface area contributed by atoms with Crippen LogP contribution in [0, 0.1) is 17.7 Å². The van der Waals surface area contributed by atoms with Crippen molar-refractivity contribution >= 4 is 11.6 Å². The average molecular weight is 382 g/mol. The van der Waals surface area contributed by atoms with Crippen LogP contribution in [0.5, 0.6) is 0 Å². The van der Waals surface area contributed by atoms with Crippen molar-refractivity contribution in [1.29, 1.82) is 0 Å². The zero-order chi connectivity index (χ0) is 19.7. The van der Waals surface area contributed by atoms with E-state index in [1.165, 1.54) is 24.6 Å². The molecule has 0 aromatic heterocycles. The minimum absolute atomic E-state index is 0.0759. The van der Waals surface area contributed by atoms with Gasteiger partial charge in [-0.3, -0.25) is 9.69 Å². The zero-order valence-electron chi connectivity index (χ0n) is 16.2. The Morgan fingerprint density at radius 3 is 2.75 bits per heavy atom. The lowest BCUT2D eigenvalue weighted by atomic mass is 9.67. The molecule has 1 amide bonds. The van der Waals surface area contributed by atoms with Gasteiger partial charge in [-0.05, 0) is 60.6 Å². The third kappa shape index (κ3) is 3.82. The van der Waals surface area contributed by atoms with Gasteiger partial charge in [-0.25, -0.2) is 4.39 Å². The van der Waals surface area contributed by atoms with E-state index in [-0.39, 0.29) is 17.6 Å². The van der Waals surface area contributed by atoms with Crippen LogP contribution >= 0.6 is 0 Å². The molecule has 0 radical (unpaired) electrons. The van der Waals surface area contributed by atoms with Crippen molar-refractivity contribution < 1.29 is 14.3 Å². The molecule has 0 spiro atoms. The first-order chi connectivity index (χ1) is 13.4. The minimum Gasteiger partial charge on any atom is -0.385 e. The molecule has 0 bridgehead atoms. The first kappa shape index (κ1) is 19.1. The van der Waals surface area contributed by atoms with E-state index in [0.717, 1.165) is 38.2 Å². The van der Waals surface area contributed by atoms with E-state index in [2.05, 4.69) is 10.2 Å². The number of rotatable bonds is 4. The van der Waals surface area contributed by atoms with Gasteiger partial charge in [0.05, 0.1) is 5.60 Å². The number of hydrogen-bond acceptors (Lipinski definition) is 3. The van der Waals surface area contributed by atoms with Crippen molar-refractivity contribution in [2.75, 3.05) is 18.4 Å². The standard InChI is InChI=1S/C23H27FN2O2/c1-16(27)25-21-9-7-17(8-10-21)13-26-14-18-4-3-11-23(28,22(18)15-26)19-5-2-6-20(24)12-19/h2,5-10,12,18,22,28H,3-4,11,13-15H2,1H3,(H,25,27)/t18-,22-,23-/m0/s1. The first-order valence-corrected chi connectivity index (χ1v) is 10.0. The van der Waals surface area contributed by atoms with Crippen molar-refractivity contribution in [3.63, 3.8) is 0 Å². The molecule has 148 valence electrons. The van der Waals surface area contributed by atoms with Crippen molar-refractivity contribution in [3.8, 4) is 0 Å². The summed E-state index contributed by atoms with van der Waals surface area (Å²) in [7, 11) is 0. The van der Waals surface area contributed by atoms with Crippen LogP contribution in [-0.2, 0) is 16.9 Å². The Morgan fingerprint density at radius 2 is 2.04 bits per heavy atom. The molecule has 1 saturated carbocycles. The SMILES string of the molecule is CC(=O)Nc1ccc(CN2C[C@@H]3CCC[C@](O)(c4cccc(F)c4)[C@H]3C2)cc1. The van der Waals surface area contributed by atoms with E-state index < -0.39 is 5.60 Å². The summed E-state index contributed by atoms with van der Waals surface area (Å²) in [5.74, 6) is 0.192. The molecule has 5 heteroatoms. The Balaban J connectivity index is 1.48. The number of benzene rings is 2. The number of hydrogen-bond donors (Lipinski definition) is 2. The molecule has 0 unspecified atom stereocenters. The predicted octanol–water partition coefficient (Wildman–Crippen LogP) is 3.90. The molecule has 4 rings (SSSR count). The van der Waals surface area contributed by atoms with Crippen LogP contribution in [0.1, 0.15) is 37.3 Å². The topological polar surface area (TPSA) is 52.6 Å². The molecule has 1 saturated heterocycles. The Labute approximate surface area is 165 Å². The quantitative estimate of drug-likeness (QED) is 0.843. The van der Waals surface area contributed by atoms with Gasteiger partial charge in [0.15, 0.2) is 0 Å². The van der Waals surface area contributed by atoms with Gasteiger partial charge < -0.3 is 10.4 Å². The molecule has 2 aliphatic rings. The van der Waals surface area contributed by atoms with Gasteiger partial charge in [0.25, 0.3) is 0 Å². The van der Waals surface area contributed by atoms with E-state index in [9.17, 15) is 14.3 Å². The normalized spacial score (nSPS) is 27.4. The monoisotopic (exact) mass is 382 g/mol. The number of nitrogens with zero attached hydrogens (tertiary/aromatic N) is 1. The molecule has 1 aliphatic carbocycles. The van der Waals surface area contributed by atoms with Crippen molar-refractivity contribution in [1.82, 2.24) is 4.90 Å².